The molecule has 0 spiro atoms. The van der Waals surface area contributed by atoms with Crippen LogP contribution in [-0.4, -0.2) is 16.4 Å². The van der Waals surface area contributed by atoms with Crippen LogP contribution in [0, 0.1) is 18.8 Å². The molecule has 3 atom stereocenters. The van der Waals surface area contributed by atoms with Crippen molar-refractivity contribution >= 4 is 0 Å². The topological polar surface area (TPSA) is 51.0 Å². The maximum absolute atomic E-state index is 4.68. The zero-order valence-electron chi connectivity index (χ0n) is 9.07. The van der Waals surface area contributed by atoms with E-state index in [0.29, 0.717) is 6.04 Å². The standard InChI is InChI=1S/C11H17N3O/c1-7-11(14-15-13-7)6-12-10-5-8-2-3-9(10)4-8/h8-10,12H,2-6H2,1H3. The molecule has 1 N–H and O–H groups in total. The molecule has 82 valence electrons. The highest BCUT2D eigenvalue weighted by molar-refractivity contribution is 5.05. The Labute approximate surface area is 89.4 Å². The fourth-order valence-electron chi connectivity index (χ4n) is 3.13. The number of nitrogens with one attached hydrogen (secondary N) is 1. The van der Waals surface area contributed by atoms with Gasteiger partial charge in [0.1, 0.15) is 11.4 Å². The molecule has 2 fully saturated rings. The molecule has 3 rings (SSSR count). The van der Waals surface area contributed by atoms with Gasteiger partial charge in [-0.05, 0) is 38.0 Å². The smallest absolute Gasteiger partial charge is 0.121 e. The van der Waals surface area contributed by atoms with Gasteiger partial charge in [-0.25, -0.2) is 4.63 Å². The van der Waals surface area contributed by atoms with E-state index in [1.807, 2.05) is 6.92 Å². The van der Waals surface area contributed by atoms with E-state index in [4.69, 9.17) is 0 Å². The van der Waals surface area contributed by atoms with Crippen LogP contribution in [0.2, 0.25) is 0 Å². The minimum Gasteiger partial charge on any atom is -0.308 e. The Morgan fingerprint density at radius 3 is 2.87 bits per heavy atom. The number of rotatable bonds is 3. The number of hydrogen-bond acceptors (Lipinski definition) is 4. The molecule has 2 aliphatic rings. The molecule has 2 saturated carbocycles. The quantitative estimate of drug-likeness (QED) is 0.819. The Kier molecular flexibility index (Phi) is 2.24. The summed E-state index contributed by atoms with van der Waals surface area (Å²) in [5.41, 5.74) is 1.86. The van der Waals surface area contributed by atoms with Crippen LogP contribution in [0.15, 0.2) is 4.63 Å². The number of aromatic nitrogens is 2. The van der Waals surface area contributed by atoms with Gasteiger partial charge in [-0.3, -0.25) is 0 Å². The SMILES string of the molecule is Cc1nonc1CNC1CC2CCC1C2. The highest BCUT2D eigenvalue weighted by Crippen LogP contribution is 2.44. The average molecular weight is 207 g/mol. The van der Waals surface area contributed by atoms with Crippen molar-refractivity contribution in [2.24, 2.45) is 11.8 Å². The van der Waals surface area contributed by atoms with Gasteiger partial charge in [0.2, 0.25) is 0 Å². The molecule has 0 aliphatic heterocycles. The van der Waals surface area contributed by atoms with E-state index in [-0.39, 0.29) is 0 Å². The van der Waals surface area contributed by atoms with Crippen molar-refractivity contribution in [3.63, 3.8) is 0 Å². The number of nitrogens with zero attached hydrogens (tertiary/aromatic N) is 2. The summed E-state index contributed by atoms with van der Waals surface area (Å²) in [4.78, 5) is 0. The average Bonchev–Trinajstić information content (AvgIpc) is 2.90. The summed E-state index contributed by atoms with van der Waals surface area (Å²) in [6, 6.07) is 0.708. The van der Waals surface area contributed by atoms with E-state index >= 15 is 0 Å². The van der Waals surface area contributed by atoms with Crippen LogP contribution in [0.1, 0.15) is 37.1 Å². The van der Waals surface area contributed by atoms with Gasteiger partial charge in [0.15, 0.2) is 0 Å². The van der Waals surface area contributed by atoms with E-state index < -0.39 is 0 Å². The maximum atomic E-state index is 4.68. The van der Waals surface area contributed by atoms with Crippen LogP contribution < -0.4 is 5.32 Å². The first-order valence-corrected chi connectivity index (χ1v) is 5.84. The first-order valence-electron chi connectivity index (χ1n) is 5.84. The Bertz CT molecular complexity index is 349. The molecule has 15 heavy (non-hydrogen) atoms. The van der Waals surface area contributed by atoms with Crippen LogP contribution in [-0.2, 0) is 6.54 Å². The van der Waals surface area contributed by atoms with Gasteiger partial charge in [-0.1, -0.05) is 16.7 Å². The second-order valence-electron chi connectivity index (χ2n) is 4.96. The Morgan fingerprint density at radius 2 is 2.27 bits per heavy atom. The molecule has 3 unspecified atom stereocenters. The molecule has 4 nitrogen and oxygen atoms in total. The Balaban J connectivity index is 1.57. The number of aryl methyl sites for hydroxylation is 1. The fraction of sp³-hybridized carbons (Fsp3) is 0.818. The van der Waals surface area contributed by atoms with Crippen molar-refractivity contribution in [3.8, 4) is 0 Å². The summed E-state index contributed by atoms with van der Waals surface area (Å²) in [5.74, 6) is 1.90. The molecule has 1 heterocycles. The second-order valence-corrected chi connectivity index (χ2v) is 4.96. The van der Waals surface area contributed by atoms with Crippen molar-refractivity contribution in [3.05, 3.63) is 11.4 Å². The molecular weight excluding hydrogens is 190 g/mol. The molecule has 2 bridgehead atoms. The van der Waals surface area contributed by atoms with Crippen LogP contribution in [0.4, 0.5) is 0 Å². The van der Waals surface area contributed by atoms with Crippen LogP contribution >= 0.6 is 0 Å². The van der Waals surface area contributed by atoms with E-state index in [9.17, 15) is 0 Å². The van der Waals surface area contributed by atoms with Gasteiger partial charge < -0.3 is 5.32 Å². The van der Waals surface area contributed by atoms with Crippen molar-refractivity contribution in [2.45, 2.75) is 45.2 Å². The number of hydrogen-bond donors (Lipinski definition) is 1. The van der Waals surface area contributed by atoms with Crippen molar-refractivity contribution < 1.29 is 4.63 Å². The highest BCUT2D eigenvalue weighted by Gasteiger charge is 2.39. The molecule has 1 aromatic heterocycles. The molecule has 1 aromatic rings. The zero-order valence-corrected chi connectivity index (χ0v) is 9.07. The molecule has 0 amide bonds. The lowest BCUT2D eigenvalue weighted by Gasteiger charge is -2.22. The zero-order chi connectivity index (χ0) is 10.3. The third-order valence-corrected chi connectivity index (χ3v) is 4.02. The predicted octanol–water partition coefficient (Wildman–Crippen LogP) is 1.66. The molecule has 0 radical (unpaired) electrons. The first kappa shape index (κ1) is 9.33. The lowest BCUT2D eigenvalue weighted by atomic mass is 9.95. The third-order valence-electron chi connectivity index (χ3n) is 4.02. The summed E-state index contributed by atoms with van der Waals surface area (Å²) in [6.07, 6.45) is 5.66. The molecule has 0 aromatic carbocycles. The Morgan fingerprint density at radius 1 is 1.33 bits per heavy atom. The van der Waals surface area contributed by atoms with Gasteiger partial charge in [0.25, 0.3) is 0 Å². The van der Waals surface area contributed by atoms with E-state index in [0.717, 1.165) is 29.8 Å². The molecular formula is C11H17N3O. The van der Waals surface area contributed by atoms with E-state index in [1.165, 1.54) is 25.7 Å². The van der Waals surface area contributed by atoms with Crippen molar-refractivity contribution in [1.82, 2.24) is 15.6 Å². The fourth-order valence-corrected chi connectivity index (χ4v) is 3.13. The van der Waals surface area contributed by atoms with Crippen molar-refractivity contribution in [2.75, 3.05) is 0 Å². The van der Waals surface area contributed by atoms with Gasteiger partial charge in [-0.15, -0.1) is 0 Å². The van der Waals surface area contributed by atoms with Gasteiger partial charge in [-0.2, -0.15) is 0 Å². The molecule has 0 saturated heterocycles. The van der Waals surface area contributed by atoms with E-state index in [2.05, 4.69) is 20.3 Å². The lowest BCUT2D eigenvalue weighted by molar-refractivity contribution is 0.296. The summed E-state index contributed by atoms with van der Waals surface area (Å²) < 4.78 is 4.68. The maximum Gasteiger partial charge on any atom is 0.121 e. The lowest BCUT2D eigenvalue weighted by Crippen LogP contribution is -2.33. The van der Waals surface area contributed by atoms with Crippen LogP contribution in [0.3, 0.4) is 0 Å². The second kappa shape index (κ2) is 3.59. The van der Waals surface area contributed by atoms with Gasteiger partial charge in [0, 0.05) is 12.6 Å². The first-order chi connectivity index (χ1) is 7.33. The number of fused-ring (bicyclic) bond motifs is 2. The summed E-state index contributed by atoms with van der Waals surface area (Å²) in [7, 11) is 0. The van der Waals surface area contributed by atoms with Gasteiger partial charge in [0.05, 0.1) is 0 Å². The molecule has 2 aliphatic carbocycles. The normalized spacial score (nSPS) is 33.8. The van der Waals surface area contributed by atoms with Gasteiger partial charge >= 0.3 is 0 Å². The minimum absolute atomic E-state index is 0.708. The summed E-state index contributed by atoms with van der Waals surface area (Å²) in [5, 5.41) is 11.3. The largest absolute Gasteiger partial charge is 0.308 e. The van der Waals surface area contributed by atoms with Crippen molar-refractivity contribution in [1.29, 1.82) is 0 Å². The minimum atomic E-state index is 0.708. The predicted molar refractivity (Wildman–Crippen MR) is 55.1 cm³/mol. The monoisotopic (exact) mass is 207 g/mol. The van der Waals surface area contributed by atoms with Crippen LogP contribution in [0.5, 0.6) is 0 Å². The summed E-state index contributed by atoms with van der Waals surface area (Å²) in [6.45, 7) is 2.75. The van der Waals surface area contributed by atoms with Crippen LogP contribution in [0.25, 0.3) is 0 Å². The highest BCUT2D eigenvalue weighted by atomic mass is 16.6. The molecule has 4 heteroatoms. The van der Waals surface area contributed by atoms with E-state index in [1.54, 1.807) is 0 Å². The Hall–Kier alpha value is -0.900. The summed E-state index contributed by atoms with van der Waals surface area (Å²) >= 11 is 0. The third kappa shape index (κ3) is 1.67.